The molecule has 1 nitrogen and oxygen atoms in total. The Balaban J connectivity index is 2.16. The lowest BCUT2D eigenvalue weighted by Crippen LogP contribution is -1.99. The summed E-state index contributed by atoms with van der Waals surface area (Å²) in [5.74, 6) is 0.573. The first-order chi connectivity index (χ1) is 11.0. The van der Waals surface area contributed by atoms with Gasteiger partial charge >= 0.3 is 0 Å². The Morgan fingerprint density at radius 2 is 1.61 bits per heavy atom. The smallest absolute Gasteiger partial charge is 0.0723 e. The number of benzene rings is 2. The van der Waals surface area contributed by atoms with Crippen molar-refractivity contribution in [3.05, 3.63) is 70.3 Å². The van der Waals surface area contributed by atoms with E-state index in [1.54, 1.807) is 0 Å². The standard InChI is InChI=1S/C22H29N/c1-6-18-10-13-22(20(7-2)14-18)17(5)23-15-19-8-11-21(12-9-19)16(3)4/h8-17H,6-7H2,1-5H3. The van der Waals surface area contributed by atoms with Gasteiger partial charge in [-0.15, -0.1) is 0 Å². The fourth-order valence-corrected chi connectivity index (χ4v) is 2.84. The lowest BCUT2D eigenvalue weighted by atomic mass is 9.96. The molecule has 2 rings (SSSR count). The van der Waals surface area contributed by atoms with Gasteiger partial charge in [-0.2, -0.15) is 0 Å². The van der Waals surface area contributed by atoms with Crippen molar-refractivity contribution in [2.45, 2.75) is 59.4 Å². The molecule has 0 aromatic heterocycles. The quantitative estimate of drug-likeness (QED) is 0.570. The monoisotopic (exact) mass is 307 g/mol. The van der Waals surface area contributed by atoms with Crippen LogP contribution in [0.1, 0.15) is 74.4 Å². The lowest BCUT2D eigenvalue weighted by Gasteiger charge is -2.13. The molecule has 0 bridgehead atoms. The zero-order valence-electron chi connectivity index (χ0n) is 15.1. The number of rotatable bonds is 6. The van der Waals surface area contributed by atoms with Crippen LogP contribution >= 0.6 is 0 Å². The van der Waals surface area contributed by atoms with E-state index >= 15 is 0 Å². The summed E-state index contributed by atoms with van der Waals surface area (Å²) < 4.78 is 0. The molecule has 0 N–H and O–H groups in total. The third-order valence-electron chi connectivity index (χ3n) is 4.50. The first kappa shape index (κ1) is 17.5. The van der Waals surface area contributed by atoms with Gasteiger partial charge in [-0.3, -0.25) is 4.99 Å². The number of aryl methyl sites for hydroxylation is 2. The highest BCUT2D eigenvalue weighted by Crippen LogP contribution is 2.23. The molecule has 1 heteroatoms. The molecule has 0 radical (unpaired) electrons. The van der Waals surface area contributed by atoms with Crippen molar-refractivity contribution in [3.8, 4) is 0 Å². The van der Waals surface area contributed by atoms with Crippen LogP contribution in [0.15, 0.2) is 47.5 Å². The van der Waals surface area contributed by atoms with Crippen molar-refractivity contribution in [1.82, 2.24) is 0 Å². The minimum absolute atomic E-state index is 0.195. The molecule has 2 aromatic carbocycles. The van der Waals surface area contributed by atoms with E-state index in [0.717, 1.165) is 12.8 Å². The van der Waals surface area contributed by atoms with Gasteiger partial charge in [0.05, 0.1) is 6.04 Å². The second-order valence-electron chi connectivity index (χ2n) is 6.52. The maximum absolute atomic E-state index is 4.78. The normalized spacial score (nSPS) is 13.0. The Hall–Kier alpha value is -1.89. The van der Waals surface area contributed by atoms with Gasteiger partial charge in [0.25, 0.3) is 0 Å². The molecule has 1 unspecified atom stereocenters. The van der Waals surface area contributed by atoms with Crippen LogP contribution in [-0.4, -0.2) is 6.21 Å². The SMILES string of the molecule is CCc1ccc(C(C)N=Cc2ccc(C(C)C)cc2)c(CC)c1. The van der Waals surface area contributed by atoms with Gasteiger partial charge in [-0.05, 0) is 53.5 Å². The number of nitrogens with zero attached hydrogens (tertiary/aromatic N) is 1. The molecule has 0 spiro atoms. The van der Waals surface area contributed by atoms with E-state index in [1.165, 1.54) is 27.8 Å². The molecule has 1 atom stereocenters. The second-order valence-corrected chi connectivity index (χ2v) is 6.52. The topological polar surface area (TPSA) is 12.4 Å². The zero-order chi connectivity index (χ0) is 16.8. The van der Waals surface area contributed by atoms with E-state index in [2.05, 4.69) is 77.1 Å². The number of aliphatic imine (C=N–C) groups is 1. The minimum Gasteiger partial charge on any atom is -0.285 e. The van der Waals surface area contributed by atoms with Crippen LogP contribution in [0.3, 0.4) is 0 Å². The predicted octanol–water partition coefficient (Wildman–Crippen LogP) is 6.11. The summed E-state index contributed by atoms with van der Waals surface area (Å²) in [6, 6.07) is 15.7. The minimum atomic E-state index is 0.195. The molecule has 0 aliphatic rings. The molecule has 0 aliphatic carbocycles. The second kappa shape index (κ2) is 8.10. The van der Waals surface area contributed by atoms with Crippen LogP contribution in [0.2, 0.25) is 0 Å². The highest BCUT2D eigenvalue weighted by molar-refractivity contribution is 5.79. The van der Waals surface area contributed by atoms with Crippen molar-refractivity contribution in [3.63, 3.8) is 0 Å². The summed E-state index contributed by atoms with van der Waals surface area (Å²) in [7, 11) is 0. The summed E-state index contributed by atoms with van der Waals surface area (Å²) >= 11 is 0. The van der Waals surface area contributed by atoms with Gasteiger partial charge in [-0.1, -0.05) is 70.2 Å². The van der Waals surface area contributed by atoms with Crippen molar-refractivity contribution in [2.75, 3.05) is 0 Å². The van der Waals surface area contributed by atoms with E-state index in [9.17, 15) is 0 Å². The van der Waals surface area contributed by atoms with Gasteiger partial charge in [0.2, 0.25) is 0 Å². The highest BCUT2D eigenvalue weighted by atomic mass is 14.8. The molecule has 0 fully saturated rings. The predicted molar refractivity (Wildman–Crippen MR) is 102 cm³/mol. The third kappa shape index (κ3) is 4.54. The van der Waals surface area contributed by atoms with Crippen LogP contribution in [0.5, 0.6) is 0 Å². The average molecular weight is 307 g/mol. The Labute approximate surface area is 141 Å². The molecule has 2 aromatic rings. The van der Waals surface area contributed by atoms with Gasteiger partial charge in [0.15, 0.2) is 0 Å². The summed E-state index contributed by atoms with van der Waals surface area (Å²) in [5.41, 5.74) is 6.72. The molecule has 0 amide bonds. The summed E-state index contributed by atoms with van der Waals surface area (Å²) in [6.45, 7) is 11.0. The first-order valence-electron chi connectivity index (χ1n) is 8.80. The average Bonchev–Trinajstić information content (AvgIpc) is 2.59. The summed E-state index contributed by atoms with van der Waals surface area (Å²) in [4.78, 5) is 4.78. The Morgan fingerprint density at radius 1 is 0.913 bits per heavy atom. The van der Waals surface area contributed by atoms with E-state index in [1.807, 2.05) is 6.21 Å². The van der Waals surface area contributed by atoms with Crippen LogP contribution in [-0.2, 0) is 12.8 Å². The van der Waals surface area contributed by atoms with Crippen LogP contribution in [0, 0.1) is 0 Å². The van der Waals surface area contributed by atoms with Gasteiger partial charge in [0.1, 0.15) is 0 Å². The Bertz CT molecular complexity index is 650. The van der Waals surface area contributed by atoms with E-state index in [0.29, 0.717) is 5.92 Å². The van der Waals surface area contributed by atoms with Crippen LogP contribution < -0.4 is 0 Å². The first-order valence-corrected chi connectivity index (χ1v) is 8.80. The summed E-state index contributed by atoms with van der Waals surface area (Å²) in [5, 5.41) is 0. The third-order valence-corrected chi connectivity index (χ3v) is 4.50. The van der Waals surface area contributed by atoms with Crippen molar-refractivity contribution >= 4 is 6.21 Å². The molecule has 122 valence electrons. The molecule has 0 saturated heterocycles. The van der Waals surface area contributed by atoms with Gasteiger partial charge < -0.3 is 0 Å². The maximum Gasteiger partial charge on any atom is 0.0723 e. The van der Waals surface area contributed by atoms with Crippen molar-refractivity contribution in [2.24, 2.45) is 4.99 Å². The fraction of sp³-hybridized carbons (Fsp3) is 0.409. The van der Waals surface area contributed by atoms with Gasteiger partial charge in [0, 0.05) is 6.21 Å². The molecule has 23 heavy (non-hydrogen) atoms. The van der Waals surface area contributed by atoms with Crippen molar-refractivity contribution < 1.29 is 0 Å². The molecular weight excluding hydrogens is 278 g/mol. The molecule has 0 heterocycles. The molecule has 0 aliphatic heterocycles. The van der Waals surface area contributed by atoms with Crippen LogP contribution in [0.25, 0.3) is 0 Å². The Morgan fingerprint density at radius 3 is 2.17 bits per heavy atom. The fourth-order valence-electron chi connectivity index (χ4n) is 2.84. The van der Waals surface area contributed by atoms with E-state index < -0.39 is 0 Å². The lowest BCUT2D eigenvalue weighted by molar-refractivity contribution is 0.805. The van der Waals surface area contributed by atoms with E-state index in [4.69, 9.17) is 4.99 Å². The largest absolute Gasteiger partial charge is 0.285 e. The van der Waals surface area contributed by atoms with E-state index in [-0.39, 0.29) is 6.04 Å². The van der Waals surface area contributed by atoms with Crippen LogP contribution in [0.4, 0.5) is 0 Å². The Kier molecular flexibility index (Phi) is 6.15. The maximum atomic E-state index is 4.78. The number of hydrogen-bond acceptors (Lipinski definition) is 1. The summed E-state index contributed by atoms with van der Waals surface area (Å²) in [6.07, 6.45) is 4.15. The molecular formula is C22H29N. The zero-order valence-corrected chi connectivity index (χ0v) is 15.1. The molecule has 0 saturated carbocycles. The van der Waals surface area contributed by atoms with Gasteiger partial charge in [-0.25, -0.2) is 0 Å². The van der Waals surface area contributed by atoms with Crippen molar-refractivity contribution in [1.29, 1.82) is 0 Å². The number of hydrogen-bond donors (Lipinski definition) is 0. The highest BCUT2D eigenvalue weighted by Gasteiger charge is 2.08.